The number of fused-ring (bicyclic) bond motifs is 1. The predicted molar refractivity (Wildman–Crippen MR) is 49.7 cm³/mol. The van der Waals surface area contributed by atoms with E-state index in [-0.39, 0.29) is 5.56 Å². The van der Waals surface area contributed by atoms with Gasteiger partial charge in [0, 0.05) is 4.90 Å². The van der Waals surface area contributed by atoms with Crippen molar-refractivity contribution in [2.24, 2.45) is 0 Å². The molecule has 1 N–H and O–H groups in total. The molecule has 0 aliphatic heterocycles. The van der Waals surface area contributed by atoms with Crippen LogP contribution < -0.4 is 5.56 Å². The van der Waals surface area contributed by atoms with E-state index in [4.69, 9.17) is 0 Å². The normalized spacial score (nSPS) is 10.6. The lowest BCUT2D eigenvalue weighted by Gasteiger charge is -1.88. The largest absolute Gasteiger partial charge is 0.277 e. The van der Waals surface area contributed by atoms with Gasteiger partial charge in [-0.3, -0.25) is 9.17 Å². The van der Waals surface area contributed by atoms with Crippen LogP contribution >= 0.6 is 24.2 Å². The molecule has 2 nitrogen and oxygen atoms in total. The Balaban J connectivity index is 3.08. The van der Waals surface area contributed by atoms with Crippen LogP contribution in [0.25, 0.3) is 10.1 Å². The molecule has 0 amide bonds. The van der Waals surface area contributed by atoms with Gasteiger partial charge in [-0.1, -0.05) is 17.6 Å². The number of benzene rings is 1. The first-order valence-corrected chi connectivity index (χ1v) is 4.34. The number of hydrogen-bond donors (Lipinski definition) is 2. The van der Waals surface area contributed by atoms with Crippen LogP contribution in [0.1, 0.15) is 0 Å². The van der Waals surface area contributed by atoms with Crippen molar-refractivity contribution in [2.45, 2.75) is 4.90 Å². The van der Waals surface area contributed by atoms with E-state index < -0.39 is 0 Å². The highest BCUT2D eigenvalue weighted by Crippen LogP contribution is 2.20. The Kier molecular flexibility index (Phi) is 1.51. The van der Waals surface area contributed by atoms with Gasteiger partial charge in [-0.05, 0) is 12.1 Å². The molecular formula is C7H5NOS2. The van der Waals surface area contributed by atoms with E-state index in [0.717, 1.165) is 9.60 Å². The number of H-pyrrole nitrogens is 1. The van der Waals surface area contributed by atoms with Crippen LogP contribution in [0.4, 0.5) is 0 Å². The molecule has 4 heteroatoms. The zero-order chi connectivity index (χ0) is 7.84. The minimum Gasteiger partial charge on any atom is -0.277 e. The van der Waals surface area contributed by atoms with Crippen molar-refractivity contribution in [3.8, 4) is 0 Å². The minimum atomic E-state index is -0.0457. The van der Waals surface area contributed by atoms with Gasteiger partial charge in [0.2, 0.25) is 0 Å². The average Bonchev–Trinajstić information content (AvgIpc) is 2.34. The quantitative estimate of drug-likeness (QED) is 0.601. The van der Waals surface area contributed by atoms with Crippen LogP contribution in [0.3, 0.4) is 0 Å². The smallest absolute Gasteiger partial charge is 0.267 e. The van der Waals surface area contributed by atoms with Gasteiger partial charge in [0.25, 0.3) is 5.56 Å². The molecule has 0 spiro atoms. The number of rotatable bonds is 0. The molecule has 0 aliphatic carbocycles. The lowest BCUT2D eigenvalue weighted by atomic mass is 10.3. The Morgan fingerprint density at radius 1 is 1.45 bits per heavy atom. The Labute approximate surface area is 72.4 Å². The van der Waals surface area contributed by atoms with Crippen molar-refractivity contribution < 1.29 is 0 Å². The van der Waals surface area contributed by atoms with Crippen LogP contribution in [-0.2, 0) is 0 Å². The molecule has 0 radical (unpaired) electrons. The SMILES string of the molecule is O=c1[nH]sc2cccc(S)c12. The molecule has 0 bridgehead atoms. The van der Waals surface area contributed by atoms with Crippen LogP contribution in [-0.4, -0.2) is 4.37 Å². The molecule has 1 aromatic carbocycles. The Bertz CT molecular complexity index is 443. The standard InChI is InChI=1S/C7H5NOS2/c9-7-6-4(10)2-1-3-5(6)11-8-7/h1-3,10H,(H,8,9). The van der Waals surface area contributed by atoms with E-state index >= 15 is 0 Å². The summed E-state index contributed by atoms with van der Waals surface area (Å²) in [6.07, 6.45) is 0. The molecule has 2 rings (SSSR count). The van der Waals surface area contributed by atoms with E-state index in [1.807, 2.05) is 18.2 Å². The summed E-state index contributed by atoms with van der Waals surface area (Å²) in [4.78, 5) is 11.8. The maximum Gasteiger partial charge on any atom is 0.267 e. The molecule has 56 valence electrons. The zero-order valence-corrected chi connectivity index (χ0v) is 7.21. The Hall–Kier alpha value is -0.740. The van der Waals surface area contributed by atoms with E-state index in [1.54, 1.807) is 0 Å². The summed E-state index contributed by atoms with van der Waals surface area (Å²) in [5, 5.41) is 0.695. The third kappa shape index (κ3) is 0.985. The monoisotopic (exact) mass is 183 g/mol. The van der Waals surface area contributed by atoms with Gasteiger partial charge in [-0.2, -0.15) is 0 Å². The fraction of sp³-hybridized carbons (Fsp3) is 0. The van der Waals surface area contributed by atoms with E-state index in [1.165, 1.54) is 11.5 Å². The van der Waals surface area contributed by atoms with E-state index in [9.17, 15) is 4.79 Å². The van der Waals surface area contributed by atoms with Crippen LogP contribution in [0.2, 0.25) is 0 Å². The topological polar surface area (TPSA) is 32.9 Å². The molecule has 0 aliphatic rings. The summed E-state index contributed by atoms with van der Waals surface area (Å²) in [6.45, 7) is 0. The molecule has 0 saturated heterocycles. The van der Waals surface area contributed by atoms with Crippen molar-refractivity contribution in [2.75, 3.05) is 0 Å². The van der Waals surface area contributed by atoms with E-state index in [0.29, 0.717) is 5.39 Å². The minimum absolute atomic E-state index is 0.0457. The molecule has 0 atom stereocenters. The summed E-state index contributed by atoms with van der Waals surface area (Å²) in [6, 6.07) is 5.60. The number of aromatic amines is 1. The first-order chi connectivity index (χ1) is 5.29. The molecule has 1 aromatic heterocycles. The number of nitrogens with one attached hydrogen (secondary N) is 1. The molecule has 0 saturated carbocycles. The van der Waals surface area contributed by atoms with Crippen LogP contribution in [0.15, 0.2) is 27.9 Å². The van der Waals surface area contributed by atoms with Crippen molar-refractivity contribution >= 4 is 34.2 Å². The number of hydrogen-bond acceptors (Lipinski definition) is 3. The number of aromatic nitrogens is 1. The Morgan fingerprint density at radius 3 is 3.00 bits per heavy atom. The van der Waals surface area contributed by atoms with Crippen molar-refractivity contribution in [3.63, 3.8) is 0 Å². The second-order valence-corrected chi connectivity index (χ2v) is 3.51. The van der Waals surface area contributed by atoms with Gasteiger partial charge in [0.05, 0.1) is 10.1 Å². The fourth-order valence-electron chi connectivity index (χ4n) is 0.985. The highest BCUT2D eigenvalue weighted by Gasteiger charge is 2.02. The summed E-state index contributed by atoms with van der Waals surface area (Å²) in [5.41, 5.74) is -0.0457. The molecular weight excluding hydrogens is 178 g/mol. The van der Waals surface area contributed by atoms with Gasteiger partial charge in [-0.15, -0.1) is 12.6 Å². The highest BCUT2D eigenvalue weighted by molar-refractivity contribution is 7.80. The summed E-state index contributed by atoms with van der Waals surface area (Å²) in [7, 11) is 0. The van der Waals surface area contributed by atoms with Crippen molar-refractivity contribution in [1.82, 2.24) is 4.37 Å². The van der Waals surface area contributed by atoms with Crippen molar-refractivity contribution in [1.29, 1.82) is 0 Å². The first-order valence-electron chi connectivity index (χ1n) is 3.08. The second-order valence-electron chi connectivity index (χ2n) is 2.18. The molecule has 11 heavy (non-hydrogen) atoms. The van der Waals surface area contributed by atoms with Crippen molar-refractivity contribution in [3.05, 3.63) is 28.6 Å². The number of thiol groups is 1. The fourth-order valence-corrected chi connectivity index (χ4v) is 2.12. The third-order valence-electron chi connectivity index (χ3n) is 1.48. The van der Waals surface area contributed by atoms with Gasteiger partial charge in [0.1, 0.15) is 0 Å². The molecule has 1 heterocycles. The predicted octanol–water partition coefficient (Wildman–Crippen LogP) is 1.88. The maximum atomic E-state index is 11.1. The van der Waals surface area contributed by atoms with Crippen LogP contribution in [0.5, 0.6) is 0 Å². The second kappa shape index (κ2) is 2.39. The lowest BCUT2D eigenvalue weighted by molar-refractivity contribution is 1.43. The lowest BCUT2D eigenvalue weighted by Crippen LogP contribution is -1.96. The summed E-state index contributed by atoms with van der Waals surface area (Å²) >= 11 is 5.51. The van der Waals surface area contributed by atoms with Gasteiger partial charge < -0.3 is 0 Å². The van der Waals surface area contributed by atoms with Gasteiger partial charge >= 0.3 is 0 Å². The summed E-state index contributed by atoms with van der Waals surface area (Å²) < 4.78 is 3.62. The average molecular weight is 183 g/mol. The third-order valence-corrected chi connectivity index (χ3v) is 2.71. The molecule has 0 fully saturated rings. The van der Waals surface area contributed by atoms with Gasteiger partial charge in [-0.25, -0.2) is 0 Å². The first kappa shape index (κ1) is 6.94. The summed E-state index contributed by atoms with van der Waals surface area (Å²) in [5.74, 6) is 0. The zero-order valence-electron chi connectivity index (χ0n) is 5.50. The van der Waals surface area contributed by atoms with Gasteiger partial charge in [0.15, 0.2) is 0 Å². The maximum absolute atomic E-state index is 11.1. The Morgan fingerprint density at radius 2 is 2.27 bits per heavy atom. The molecule has 2 aromatic rings. The molecule has 0 unspecified atom stereocenters. The highest BCUT2D eigenvalue weighted by atomic mass is 32.1. The van der Waals surface area contributed by atoms with Crippen LogP contribution in [0, 0.1) is 0 Å². The van der Waals surface area contributed by atoms with E-state index in [2.05, 4.69) is 17.0 Å².